The van der Waals surface area contributed by atoms with Gasteiger partial charge in [0.1, 0.15) is 0 Å². The van der Waals surface area contributed by atoms with E-state index in [2.05, 4.69) is 28.7 Å². The summed E-state index contributed by atoms with van der Waals surface area (Å²) in [6, 6.07) is 0.570. The average Bonchev–Trinajstić information content (AvgIpc) is 2.46. The molecule has 1 atom stereocenters. The molecule has 20 heavy (non-hydrogen) atoms. The van der Waals surface area contributed by atoms with Gasteiger partial charge in [-0.25, -0.2) is 0 Å². The van der Waals surface area contributed by atoms with E-state index in [9.17, 15) is 4.79 Å². The molecule has 0 radical (unpaired) electrons. The maximum atomic E-state index is 10.5. The summed E-state index contributed by atoms with van der Waals surface area (Å²) in [7, 11) is 0. The maximum Gasteiger partial charge on any atom is 0.303 e. The van der Waals surface area contributed by atoms with Crippen LogP contribution in [-0.2, 0) is 11.2 Å². The summed E-state index contributed by atoms with van der Waals surface area (Å²) >= 11 is 0. The summed E-state index contributed by atoms with van der Waals surface area (Å²) in [5.41, 5.74) is 1.79. The van der Waals surface area contributed by atoms with E-state index in [1.54, 1.807) is 6.20 Å². The molecule has 0 bridgehead atoms. The largest absolute Gasteiger partial charge is 0.481 e. The molecule has 110 valence electrons. The number of aryl methyl sites for hydroxylation is 1. The Hall–Kier alpha value is -1.49. The van der Waals surface area contributed by atoms with Crippen molar-refractivity contribution in [3.8, 4) is 0 Å². The highest BCUT2D eigenvalue weighted by molar-refractivity contribution is 5.66. The third-order valence-corrected chi connectivity index (χ3v) is 3.92. The highest BCUT2D eigenvalue weighted by Gasteiger charge is 2.23. The maximum absolute atomic E-state index is 10.5. The van der Waals surface area contributed by atoms with Gasteiger partial charge in [0.05, 0.1) is 17.8 Å². The Labute approximate surface area is 120 Å². The summed E-state index contributed by atoms with van der Waals surface area (Å²) in [4.78, 5) is 21.9. The van der Waals surface area contributed by atoms with Crippen molar-refractivity contribution in [2.24, 2.45) is 0 Å². The van der Waals surface area contributed by atoms with E-state index >= 15 is 0 Å². The fraction of sp³-hybridized carbons (Fsp3) is 0.667. The van der Waals surface area contributed by atoms with Gasteiger partial charge in [0.15, 0.2) is 0 Å². The van der Waals surface area contributed by atoms with Crippen molar-refractivity contribution in [1.82, 2.24) is 14.9 Å². The second-order valence-electron chi connectivity index (χ2n) is 5.75. The van der Waals surface area contributed by atoms with Crippen molar-refractivity contribution in [3.63, 3.8) is 0 Å². The molecule has 1 saturated heterocycles. The Morgan fingerprint density at radius 2 is 2.25 bits per heavy atom. The van der Waals surface area contributed by atoms with E-state index in [0.717, 1.165) is 30.9 Å². The van der Waals surface area contributed by atoms with E-state index in [-0.39, 0.29) is 6.42 Å². The van der Waals surface area contributed by atoms with Crippen LogP contribution in [0.1, 0.15) is 50.4 Å². The lowest BCUT2D eigenvalue weighted by molar-refractivity contribution is -0.136. The number of likely N-dealkylation sites (tertiary alicyclic amines) is 1. The van der Waals surface area contributed by atoms with Crippen LogP contribution in [-0.4, -0.2) is 45.1 Å². The monoisotopic (exact) mass is 277 g/mol. The van der Waals surface area contributed by atoms with Crippen molar-refractivity contribution in [2.45, 2.75) is 51.5 Å². The third-order valence-electron chi connectivity index (χ3n) is 3.92. The van der Waals surface area contributed by atoms with Gasteiger partial charge in [0.2, 0.25) is 0 Å². The minimum Gasteiger partial charge on any atom is -0.481 e. The van der Waals surface area contributed by atoms with Gasteiger partial charge in [0, 0.05) is 37.3 Å². The number of hydrogen-bond donors (Lipinski definition) is 1. The minimum atomic E-state index is -0.796. The third kappa shape index (κ3) is 4.00. The topological polar surface area (TPSA) is 66.3 Å². The van der Waals surface area contributed by atoms with Crippen LogP contribution in [0.5, 0.6) is 0 Å². The number of aliphatic carboxylic acids is 1. The lowest BCUT2D eigenvalue weighted by atomic mass is 9.94. The summed E-state index contributed by atoms with van der Waals surface area (Å²) < 4.78 is 0. The quantitative estimate of drug-likeness (QED) is 0.892. The van der Waals surface area contributed by atoms with Crippen LogP contribution in [0, 0.1) is 0 Å². The first-order valence-corrected chi connectivity index (χ1v) is 7.33. The van der Waals surface area contributed by atoms with Crippen molar-refractivity contribution >= 4 is 5.97 Å². The molecule has 5 nitrogen and oxygen atoms in total. The molecule has 0 saturated carbocycles. The van der Waals surface area contributed by atoms with Gasteiger partial charge in [-0.2, -0.15) is 0 Å². The number of piperidine rings is 1. The molecule has 1 N–H and O–H groups in total. The van der Waals surface area contributed by atoms with Crippen molar-refractivity contribution in [2.75, 3.05) is 13.1 Å². The van der Waals surface area contributed by atoms with Gasteiger partial charge in [-0.3, -0.25) is 14.8 Å². The second kappa shape index (κ2) is 6.79. The number of nitrogens with zero attached hydrogens (tertiary/aromatic N) is 3. The zero-order valence-electron chi connectivity index (χ0n) is 12.2. The Balaban J connectivity index is 1.97. The molecular formula is C15H23N3O2. The van der Waals surface area contributed by atoms with E-state index in [1.807, 2.05) is 6.20 Å². The van der Waals surface area contributed by atoms with Crippen LogP contribution in [0.3, 0.4) is 0 Å². The number of carbonyl (C=O) groups is 1. The standard InChI is InChI=1S/C15H23N3O2/c1-11(2)18-7-3-4-12(10-18)14-9-16-13(8-17-14)5-6-15(19)20/h8-9,11-12H,3-7,10H2,1-2H3,(H,19,20)/t12-/m1/s1. The van der Waals surface area contributed by atoms with Gasteiger partial charge < -0.3 is 10.0 Å². The molecule has 0 aliphatic carbocycles. The number of rotatable bonds is 5. The van der Waals surface area contributed by atoms with E-state index in [1.165, 1.54) is 6.42 Å². The van der Waals surface area contributed by atoms with Crippen molar-refractivity contribution < 1.29 is 9.90 Å². The highest BCUT2D eigenvalue weighted by Crippen LogP contribution is 2.26. The molecule has 1 fully saturated rings. The zero-order valence-corrected chi connectivity index (χ0v) is 12.2. The van der Waals surface area contributed by atoms with Gasteiger partial charge in [-0.05, 0) is 33.2 Å². The fourth-order valence-corrected chi connectivity index (χ4v) is 2.66. The summed E-state index contributed by atoms with van der Waals surface area (Å²) in [6.07, 6.45) is 6.47. The molecule has 0 amide bonds. The number of aromatic nitrogens is 2. The molecule has 1 aromatic heterocycles. The molecule has 2 heterocycles. The summed E-state index contributed by atoms with van der Waals surface area (Å²) in [5, 5.41) is 8.66. The summed E-state index contributed by atoms with van der Waals surface area (Å²) in [6.45, 7) is 6.66. The van der Waals surface area contributed by atoms with Crippen molar-refractivity contribution in [3.05, 3.63) is 23.8 Å². The van der Waals surface area contributed by atoms with Crippen LogP contribution in [0.15, 0.2) is 12.4 Å². The van der Waals surface area contributed by atoms with Gasteiger partial charge in [0.25, 0.3) is 0 Å². The lowest BCUT2D eigenvalue weighted by Gasteiger charge is -2.35. The Kier molecular flexibility index (Phi) is 5.06. The van der Waals surface area contributed by atoms with Crippen LogP contribution in [0.4, 0.5) is 0 Å². The molecule has 1 aliphatic rings. The van der Waals surface area contributed by atoms with Crippen LogP contribution in [0.2, 0.25) is 0 Å². The zero-order chi connectivity index (χ0) is 14.5. The Morgan fingerprint density at radius 3 is 2.85 bits per heavy atom. The summed E-state index contributed by atoms with van der Waals surface area (Å²) in [5.74, 6) is -0.345. The van der Waals surface area contributed by atoms with Gasteiger partial charge in [-0.15, -0.1) is 0 Å². The molecule has 2 rings (SSSR count). The van der Waals surface area contributed by atoms with E-state index in [4.69, 9.17) is 5.11 Å². The first-order chi connectivity index (χ1) is 9.56. The van der Waals surface area contributed by atoms with Crippen LogP contribution in [0.25, 0.3) is 0 Å². The smallest absolute Gasteiger partial charge is 0.303 e. The molecular weight excluding hydrogens is 254 g/mol. The second-order valence-corrected chi connectivity index (χ2v) is 5.75. The molecule has 1 aromatic rings. The first-order valence-electron chi connectivity index (χ1n) is 7.33. The predicted molar refractivity (Wildman–Crippen MR) is 76.7 cm³/mol. The highest BCUT2D eigenvalue weighted by atomic mass is 16.4. The SMILES string of the molecule is CC(C)N1CCC[C@@H](c2cnc(CCC(=O)O)cn2)C1. The first kappa shape index (κ1) is 14.9. The molecule has 0 unspecified atom stereocenters. The number of carboxylic acids is 1. The minimum absolute atomic E-state index is 0.110. The molecule has 1 aliphatic heterocycles. The average molecular weight is 277 g/mol. The van der Waals surface area contributed by atoms with Gasteiger partial charge >= 0.3 is 5.97 Å². The van der Waals surface area contributed by atoms with E-state index in [0.29, 0.717) is 18.4 Å². The lowest BCUT2D eigenvalue weighted by Crippen LogP contribution is -2.39. The predicted octanol–water partition coefficient (Wildman–Crippen LogP) is 2.08. The van der Waals surface area contributed by atoms with Crippen molar-refractivity contribution in [1.29, 1.82) is 0 Å². The van der Waals surface area contributed by atoms with Crippen LogP contribution >= 0.6 is 0 Å². The fourth-order valence-electron chi connectivity index (χ4n) is 2.66. The number of carboxylic acid groups (broad SMARTS) is 1. The molecule has 0 spiro atoms. The Bertz CT molecular complexity index is 445. The normalized spacial score (nSPS) is 20.2. The van der Waals surface area contributed by atoms with Crippen LogP contribution < -0.4 is 0 Å². The molecule has 5 heteroatoms. The Morgan fingerprint density at radius 1 is 1.45 bits per heavy atom. The van der Waals surface area contributed by atoms with Gasteiger partial charge in [-0.1, -0.05) is 0 Å². The molecule has 0 aromatic carbocycles. The number of hydrogen-bond acceptors (Lipinski definition) is 4. The van der Waals surface area contributed by atoms with E-state index < -0.39 is 5.97 Å².